The van der Waals surface area contributed by atoms with E-state index in [0.717, 1.165) is 0 Å². The summed E-state index contributed by atoms with van der Waals surface area (Å²) >= 11 is 0. The second-order valence-electron chi connectivity index (χ2n) is 6.25. The van der Waals surface area contributed by atoms with E-state index < -0.39 is 21.8 Å². The predicted octanol–water partition coefficient (Wildman–Crippen LogP) is 2.18. The Hall–Kier alpha value is -2.93. The number of benzene rings is 2. The second-order valence-corrected chi connectivity index (χ2v) is 8.33. The number of H-pyrrole nitrogens is 1. The van der Waals surface area contributed by atoms with Crippen molar-refractivity contribution in [2.24, 2.45) is 0 Å². The molecule has 2 heterocycles. The maximum Gasteiger partial charge on any atom is 0.257 e. The number of aromatic amines is 1. The van der Waals surface area contributed by atoms with Gasteiger partial charge in [0, 0.05) is 17.1 Å². The van der Waals surface area contributed by atoms with E-state index in [1.54, 1.807) is 48.5 Å². The molecule has 26 heavy (non-hydrogen) atoms. The first-order valence-electron chi connectivity index (χ1n) is 8.20. The predicted molar refractivity (Wildman–Crippen MR) is 97.9 cm³/mol. The molecule has 0 spiro atoms. The van der Waals surface area contributed by atoms with E-state index in [9.17, 15) is 18.0 Å². The van der Waals surface area contributed by atoms with E-state index in [0.29, 0.717) is 16.5 Å². The highest BCUT2D eigenvalue weighted by Gasteiger charge is 2.31. The lowest BCUT2D eigenvalue weighted by molar-refractivity contribution is 0.0933. The minimum Gasteiger partial charge on any atom is -0.360 e. The molecule has 1 aliphatic heterocycles. The third kappa shape index (κ3) is 2.70. The van der Waals surface area contributed by atoms with E-state index >= 15 is 0 Å². The highest BCUT2D eigenvalue weighted by molar-refractivity contribution is 7.91. The summed E-state index contributed by atoms with van der Waals surface area (Å²) < 4.78 is 24.4. The summed E-state index contributed by atoms with van der Waals surface area (Å²) in [6, 6.07) is 13.2. The van der Waals surface area contributed by atoms with Gasteiger partial charge in [-0.1, -0.05) is 30.3 Å². The Labute approximate surface area is 149 Å². The zero-order valence-electron chi connectivity index (χ0n) is 13.7. The third-order valence-corrected chi connectivity index (χ3v) is 6.46. The smallest absolute Gasteiger partial charge is 0.257 e. The van der Waals surface area contributed by atoms with Gasteiger partial charge in [-0.05, 0) is 30.2 Å². The lowest BCUT2D eigenvalue weighted by Crippen LogP contribution is -2.36. The monoisotopic (exact) mass is 368 g/mol. The highest BCUT2D eigenvalue weighted by atomic mass is 32.2. The summed E-state index contributed by atoms with van der Waals surface area (Å²) in [5, 5.41) is 3.25. The number of pyridine rings is 1. The number of rotatable bonds is 2. The van der Waals surface area contributed by atoms with E-state index in [1.807, 2.05) is 0 Å². The Bertz CT molecular complexity index is 1180. The van der Waals surface area contributed by atoms with Crippen molar-refractivity contribution in [2.45, 2.75) is 17.4 Å². The zero-order valence-corrected chi connectivity index (χ0v) is 14.5. The van der Waals surface area contributed by atoms with Crippen LogP contribution in [0.4, 0.5) is 0 Å². The lowest BCUT2D eigenvalue weighted by atomic mass is 10.0. The molecule has 1 aromatic heterocycles. The van der Waals surface area contributed by atoms with Gasteiger partial charge >= 0.3 is 0 Å². The van der Waals surface area contributed by atoms with Crippen LogP contribution in [0.15, 0.2) is 64.4 Å². The molecule has 1 atom stereocenters. The van der Waals surface area contributed by atoms with Crippen molar-refractivity contribution in [1.29, 1.82) is 0 Å². The van der Waals surface area contributed by atoms with Crippen molar-refractivity contribution in [2.75, 3.05) is 5.75 Å². The van der Waals surface area contributed by atoms with Crippen LogP contribution in [0.25, 0.3) is 10.9 Å². The van der Waals surface area contributed by atoms with E-state index in [-0.39, 0.29) is 28.1 Å². The van der Waals surface area contributed by atoms with Crippen LogP contribution in [-0.4, -0.2) is 25.1 Å². The topological polar surface area (TPSA) is 96.1 Å². The molecule has 7 heteroatoms. The van der Waals surface area contributed by atoms with Crippen LogP contribution in [0.2, 0.25) is 0 Å². The van der Waals surface area contributed by atoms with Crippen LogP contribution in [0, 0.1) is 0 Å². The number of hydrogen-bond donors (Lipinski definition) is 2. The molecule has 1 unspecified atom stereocenters. The van der Waals surface area contributed by atoms with Crippen LogP contribution in [0.5, 0.6) is 0 Å². The van der Waals surface area contributed by atoms with Gasteiger partial charge in [0.2, 0.25) is 5.43 Å². The number of amides is 1. The molecule has 6 nitrogen and oxygen atoms in total. The number of para-hydroxylation sites is 1. The van der Waals surface area contributed by atoms with E-state index in [4.69, 9.17) is 0 Å². The van der Waals surface area contributed by atoms with Gasteiger partial charge in [-0.25, -0.2) is 8.42 Å². The summed E-state index contributed by atoms with van der Waals surface area (Å²) in [6.07, 6.45) is 1.67. The van der Waals surface area contributed by atoms with Crippen molar-refractivity contribution in [3.8, 4) is 0 Å². The lowest BCUT2D eigenvalue weighted by Gasteiger charge is -2.26. The average molecular weight is 368 g/mol. The Morgan fingerprint density at radius 2 is 1.81 bits per heavy atom. The first-order valence-corrected chi connectivity index (χ1v) is 9.85. The maximum atomic E-state index is 12.7. The first kappa shape index (κ1) is 16.5. The van der Waals surface area contributed by atoms with Crippen molar-refractivity contribution < 1.29 is 13.2 Å². The minimum atomic E-state index is -3.33. The van der Waals surface area contributed by atoms with Gasteiger partial charge in [0.25, 0.3) is 5.91 Å². The number of carbonyl (C=O) groups is 1. The number of fused-ring (bicyclic) bond motifs is 2. The summed E-state index contributed by atoms with van der Waals surface area (Å²) in [7, 11) is -3.33. The largest absolute Gasteiger partial charge is 0.360 e. The Kier molecular flexibility index (Phi) is 3.88. The van der Waals surface area contributed by atoms with Gasteiger partial charge in [-0.2, -0.15) is 0 Å². The molecule has 2 aromatic carbocycles. The third-order valence-electron chi connectivity index (χ3n) is 4.64. The molecule has 3 aromatic rings. The molecule has 2 N–H and O–H groups in total. The van der Waals surface area contributed by atoms with Gasteiger partial charge in [-0.3, -0.25) is 9.59 Å². The van der Waals surface area contributed by atoms with Crippen molar-refractivity contribution in [1.82, 2.24) is 10.3 Å². The van der Waals surface area contributed by atoms with E-state index in [2.05, 4.69) is 10.3 Å². The van der Waals surface area contributed by atoms with Crippen molar-refractivity contribution in [3.05, 3.63) is 76.1 Å². The van der Waals surface area contributed by atoms with E-state index in [1.165, 1.54) is 6.20 Å². The minimum absolute atomic E-state index is 0.00890. The SMILES string of the molecule is O=C(NC1CCS(=O)(=O)c2ccccc21)c1c[nH]c2ccccc2c1=O. The molecule has 132 valence electrons. The fraction of sp³-hybridized carbons (Fsp3) is 0.158. The van der Waals surface area contributed by atoms with Gasteiger partial charge < -0.3 is 10.3 Å². The highest BCUT2D eigenvalue weighted by Crippen LogP contribution is 2.31. The Balaban J connectivity index is 1.70. The molecule has 0 aliphatic carbocycles. The maximum absolute atomic E-state index is 12.7. The quantitative estimate of drug-likeness (QED) is 0.725. The summed E-state index contributed by atoms with van der Waals surface area (Å²) in [5.41, 5.74) is 0.871. The standard InChI is InChI=1S/C19H16N2O4S/c22-18-13-6-1-3-7-15(13)20-11-14(18)19(23)21-16-9-10-26(24,25)17-8-4-2-5-12(16)17/h1-8,11,16H,9-10H2,(H,20,22)(H,21,23). The molecule has 0 fully saturated rings. The van der Waals surface area contributed by atoms with Crippen LogP contribution in [-0.2, 0) is 9.84 Å². The Morgan fingerprint density at radius 3 is 2.65 bits per heavy atom. The summed E-state index contributed by atoms with van der Waals surface area (Å²) in [5.74, 6) is -0.556. The molecule has 0 saturated carbocycles. The van der Waals surface area contributed by atoms with Crippen LogP contribution in [0.1, 0.15) is 28.4 Å². The van der Waals surface area contributed by atoms with Crippen molar-refractivity contribution >= 4 is 26.6 Å². The van der Waals surface area contributed by atoms with Gasteiger partial charge in [0.05, 0.1) is 16.7 Å². The van der Waals surface area contributed by atoms with Crippen LogP contribution in [0.3, 0.4) is 0 Å². The number of nitrogens with one attached hydrogen (secondary N) is 2. The second kappa shape index (κ2) is 6.10. The van der Waals surface area contributed by atoms with Gasteiger partial charge in [0.15, 0.2) is 9.84 Å². The Morgan fingerprint density at radius 1 is 1.08 bits per heavy atom. The summed E-state index contributed by atoms with van der Waals surface area (Å²) in [4.78, 5) is 28.4. The van der Waals surface area contributed by atoms with Gasteiger partial charge in [0.1, 0.15) is 5.56 Å². The van der Waals surface area contributed by atoms with Crippen LogP contribution < -0.4 is 10.7 Å². The molecule has 4 rings (SSSR count). The molecular formula is C19H16N2O4S. The number of hydrogen-bond acceptors (Lipinski definition) is 4. The molecule has 1 amide bonds. The fourth-order valence-electron chi connectivity index (χ4n) is 3.31. The number of sulfone groups is 1. The molecule has 0 radical (unpaired) electrons. The molecule has 1 aliphatic rings. The summed E-state index contributed by atoms with van der Waals surface area (Å²) in [6.45, 7) is 0. The molecule has 0 saturated heterocycles. The van der Waals surface area contributed by atoms with Crippen molar-refractivity contribution in [3.63, 3.8) is 0 Å². The fourth-order valence-corrected chi connectivity index (χ4v) is 4.93. The normalized spacial score (nSPS) is 18.2. The first-order chi connectivity index (χ1) is 12.5. The number of carbonyl (C=O) groups excluding carboxylic acids is 1. The number of aromatic nitrogens is 1. The molecule has 0 bridgehead atoms. The average Bonchev–Trinajstić information content (AvgIpc) is 2.65. The molecular weight excluding hydrogens is 352 g/mol. The zero-order chi connectivity index (χ0) is 18.3. The van der Waals surface area contributed by atoms with Gasteiger partial charge in [-0.15, -0.1) is 0 Å². The van der Waals surface area contributed by atoms with Crippen LogP contribution >= 0.6 is 0 Å².